The van der Waals surface area contributed by atoms with Crippen LogP contribution >= 0.6 is 11.8 Å². The van der Waals surface area contributed by atoms with Crippen LogP contribution in [0.3, 0.4) is 0 Å². The molecule has 1 heterocycles. The number of hydrogen-bond donors (Lipinski definition) is 1. The number of aliphatic hydroxyl groups is 1. The first-order valence-electron chi connectivity index (χ1n) is 6.69. The molecule has 108 valence electrons. The van der Waals surface area contributed by atoms with Gasteiger partial charge < -0.3 is 9.52 Å². The Hall–Kier alpha value is -1.78. The Morgan fingerprint density at radius 1 is 1.19 bits per heavy atom. The topological polar surface area (TPSA) is 33.4 Å². The van der Waals surface area contributed by atoms with Crippen LogP contribution in [0, 0.1) is 12.7 Å². The summed E-state index contributed by atoms with van der Waals surface area (Å²) in [5.74, 6) is 0.656. The molecule has 1 atom stereocenters. The molecule has 0 amide bonds. The molecule has 21 heavy (non-hydrogen) atoms. The second-order valence-electron chi connectivity index (χ2n) is 4.92. The number of rotatable bonds is 4. The molecule has 0 bridgehead atoms. The summed E-state index contributed by atoms with van der Waals surface area (Å²) >= 11 is 1.58. The molecule has 1 aromatic heterocycles. The zero-order chi connectivity index (χ0) is 14.8. The molecule has 1 unspecified atom stereocenters. The van der Waals surface area contributed by atoms with Gasteiger partial charge in [-0.2, -0.15) is 0 Å². The van der Waals surface area contributed by atoms with E-state index in [4.69, 9.17) is 4.42 Å². The van der Waals surface area contributed by atoms with Gasteiger partial charge in [-0.15, -0.1) is 11.8 Å². The second-order valence-corrected chi connectivity index (χ2v) is 5.99. The quantitative estimate of drug-likeness (QED) is 0.709. The lowest BCUT2D eigenvalue weighted by molar-refractivity contribution is 0.177. The van der Waals surface area contributed by atoms with Gasteiger partial charge in [0.1, 0.15) is 23.3 Å². The van der Waals surface area contributed by atoms with Crippen LogP contribution in [0.5, 0.6) is 0 Å². The van der Waals surface area contributed by atoms with Gasteiger partial charge in [-0.05, 0) is 42.8 Å². The lowest BCUT2D eigenvalue weighted by atomic mass is 10.2. The predicted octanol–water partition coefficient (Wildman–Crippen LogP) is 4.71. The van der Waals surface area contributed by atoms with E-state index in [1.54, 1.807) is 23.9 Å². The van der Waals surface area contributed by atoms with Gasteiger partial charge in [0.2, 0.25) is 0 Å². The van der Waals surface area contributed by atoms with Crippen molar-refractivity contribution >= 4 is 22.7 Å². The minimum absolute atomic E-state index is 0.307. The van der Waals surface area contributed by atoms with E-state index in [1.807, 2.05) is 31.2 Å². The Morgan fingerprint density at radius 3 is 2.81 bits per heavy atom. The fourth-order valence-corrected chi connectivity index (χ4v) is 3.14. The maximum absolute atomic E-state index is 13.2. The molecule has 0 aliphatic carbocycles. The van der Waals surface area contributed by atoms with Gasteiger partial charge >= 0.3 is 0 Å². The average Bonchev–Trinajstić information content (AvgIpc) is 2.89. The summed E-state index contributed by atoms with van der Waals surface area (Å²) in [6.07, 6.45) is -0.718. The van der Waals surface area contributed by atoms with Gasteiger partial charge in [-0.3, -0.25) is 0 Å². The van der Waals surface area contributed by atoms with Crippen molar-refractivity contribution in [3.05, 3.63) is 65.7 Å². The number of aryl methyl sites for hydroxylation is 1. The largest absolute Gasteiger partial charge is 0.458 e. The maximum atomic E-state index is 13.2. The molecule has 0 spiro atoms. The molecule has 1 N–H and O–H groups in total. The molecule has 2 aromatic carbocycles. The van der Waals surface area contributed by atoms with E-state index < -0.39 is 6.10 Å². The first-order valence-corrected chi connectivity index (χ1v) is 7.67. The smallest absolute Gasteiger partial charge is 0.134 e. The Bertz CT molecular complexity index is 766. The van der Waals surface area contributed by atoms with Crippen molar-refractivity contribution in [2.24, 2.45) is 0 Å². The summed E-state index contributed by atoms with van der Waals surface area (Å²) < 4.78 is 18.7. The Morgan fingerprint density at radius 2 is 2.00 bits per heavy atom. The minimum atomic E-state index is -0.718. The number of fused-ring (bicyclic) bond motifs is 1. The predicted molar refractivity (Wildman–Crippen MR) is 83.0 cm³/mol. The van der Waals surface area contributed by atoms with E-state index in [9.17, 15) is 9.50 Å². The van der Waals surface area contributed by atoms with E-state index in [2.05, 4.69) is 0 Å². The molecule has 0 radical (unpaired) electrons. The minimum Gasteiger partial charge on any atom is -0.458 e. The summed E-state index contributed by atoms with van der Waals surface area (Å²) in [5, 5.41) is 10.9. The van der Waals surface area contributed by atoms with Crippen molar-refractivity contribution in [3.63, 3.8) is 0 Å². The number of furan rings is 1. The highest BCUT2D eigenvalue weighted by Crippen LogP contribution is 2.30. The van der Waals surface area contributed by atoms with Gasteiger partial charge in [0, 0.05) is 16.0 Å². The van der Waals surface area contributed by atoms with E-state index in [1.165, 1.54) is 17.7 Å². The zero-order valence-corrected chi connectivity index (χ0v) is 12.4. The highest BCUT2D eigenvalue weighted by atomic mass is 32.2. The number of aliphatic hydroxyl groups excluding tert-OH is 1. The van der Waals surface area contributed by atoms with Crippen molar-refractivity contribution in [1.82, 2.24) is 0 Å². The van der Waals surface area contributed by atoms with E-state index in [0.29, 0.717) is 22.5 Å². The summed E-state index contributed by atoms with van der Waals surface area (Å²) in [5.41, 5.74) is 1.77. The SMILES string of the molecule is Cc1ccccc1SCC(O)c1cc2cc(F)ccc2o1. The first kappa shape index (κ1) is 14.2. The van der Waals surface area contributed by atoms with Gasteiger partial charge in [0.25, 0.3) is 0 Å². The lowest BCUT2D eigenvalue weighted by Crippen LogP contribution is -1.98. The monoisotopic (exact) mass is 302 g/mol. The molecular weight excluding hydrogens is 287 g/mol. The lowest BCUT2D eigenvalue weighted by Gasteiger charge is -2.08. The fraction of sp³-hybridized carbons (Fsp3) is 0.176. The molecule has 0 fully saturated rings. The van der Waals surface area contributed by atoms with Crippen molar-refractivity contribution in [2.45, 2.75) is 17.9 Å². The normalized spacial score (nSPS) is 12.7. The summed E-state index contributed by atoms with van der Waals surface area (Å²) in [6.45, 7) is 2.04. The molecule has 0 saturated heterocycles. The van der Waals surface area contributed by atoms with Crippen LogP contribution in [-0.2, 0) is 0 Å². The molecule has 4 heteroatoms. The van der Waals surface area contributed by atoms with Crippen LogP contribution in [0.2, 0.25) is 0 Å². The van der Waals surface area contributed by atoms with E-state index in [0.717, 1.165) is 4.90 Å². The fourth-order valence-electron chi connectivity index (χ4n) is 2.17. The highest BCUT2D eigenvalue weighted by Gasteiger charge is 2.14. The number of hydrogen-bond acceptors (Lipinski definition) is 3. The van der Waals surface area contributed by atoms with Crippen LogP contribution in [0.15, 0.2) is 57.8 Å². The standard InChI is InChI=1S/C17H15FO2S/c1-11-4-2-3-5-17(11)21-10-14(19)16-9-12-8-13(18)6-7-15(12)20-16/h2-9,14,19H,10H2,1H3. The van der Waals surface area contributed by atoms with E-state index >= 15 is 0 Å². The van der Waals surface area contributed by atoms with Crippen molar-refractivity contribution in [3.8, 4) is 0 Å². The van der Waals surface area contributed by atoms with Crippen molar-refractivity contribution in [1.29, 1.82) is 0 Å². The third kappa shape index (κ3) is 3.12. The maximum Gasteiger partial charge on any atom is 0.134 e. The molecular formula is C17H15FO2S. The molecule has 3 aromatic rings. The molecule has 0 saturated carbocycles. The van der Waals surface area contributed by atoms with Gasteiger partial charge in [-0.25, -0.2) is 4.39 Å². The summed E-state index contributed by atoms with van der Waals surface area (Å²) in [4.78, 5) is 1.14. The molecule has 0 aliphatic heterocycles. The third-order valence-corrected chi connectivity index (χ3v) is 4.57. The van der Waals surface area contributed by atoms with Gasteiger partial charge in [-0.1, -0.05) is 18.2 Å². The van der Waals surface area contributed by atoms with Crippen LogP contribution in [0.4, 0.5) is 4.39 Å². The average molecular weight is 302 g/mol. The highest BCUT2D eigenvalue weighted by molar-refractivity contribution is 7.99. The Balaban J connectivity index is 1.75. The number of thioether (sulfide) groups is 1. The second kappa shape index (κ2) is 5.92. The number of halogens is 1. The van der Waals surface area contributed by atoms with E-state index in [-0.39, 0.29) is 5.82 Å². The Labute approximate surface area is 126 Å². The zero-order valence-electron chi connectivity index (χ0n) is 11.5. The first-order chi connectivity index (χ1) is 10.1. The molecule has 0 aliphatic rings. The van der Waals surface area contributed by atoms with Crippen LogP contribution in [-0.4, -0.2) is 10.9 Å². The van der Waals surface area contributed by atoms with Crippen LogP contribution < -0.4 is 0 Å². The van der Waals surface area contributed by atoms with Crippen LogP contribution in [0.1, 0.15) is 17.4 Å². The van der Waals surface area contributed by atoms with Gasteiger partial charge in [0.15, 0.2) is 0 Å². The van der Waals surface area contributed by atoms with Gasteiger partial charge in [0.05, 0.1) is 0 Å². The summed E-state index contributed by atoms with van der Waals surface area (Å²) in [6, 6.07) is 14.1. The van der Waals surface area contributed by atoms with Crippen molar-refractivity contribution in [2.75, 3.05) is 5.75 Å². The summed E-state index contributed by atoms with van der Waals surface area (Å²) in [7, 11) is 0. The Kier molecular flexibility index (Phi) is 3.99. The number of benzene rings is 2. The third-order valence-electron chi connectivity index (χ3n) is 3.32. The van der Waals surface area contributed by atoms with Crippen LogP contribution in [0.25, 0.3) is 11.0 Å². The molecule has 3 rings (SSSR count). The van der Waals surface area contributed by atoms with Crippen molar-refractivity contribution < 1.29 is 13.9 Å². The molecule has 2 nitrogen and oxygen atoms in total.